The number of unbranched alkanes of at least 4 members (excludes halogenated alkanes) is 3. The number of carbonyl (C=O) groups is 2. The maximum absolute atomic E-state index is 12.4. The molecule has 2 aromatic carbocycles. The Morgan fingerprint density at radius 2 is 1.60 bits per heavy atom. The van der Waals surface area contributed by atoms with Crippen LogP contribution in [-0.4, -0.2) is 34.0 Å². The minimum atomic E-state index is -0.639. The van der Waals surface area contributed by atoms with Gasteiger partial charge in [-0.05, 0) is 42.2 Å². The van der Waals surface area contributed by atoms with E-state index in [9.17, 15) is 19.9 Å². The number of thioether (sulfide) groups is 1. The van der Waals surface area contributed by atoms with Crippen LogP contribution in [-0.2, 0) is 25.7 Å². The molecular formula is C31H37N3O7S. The van der Waals surface area contributed by atoms with E-state index in [1.807, 2.05) is 54.6 Å². The van der Waals surface area contributed by atoms with E-state index < -0.39 is 12.2 Å². The summed E-state index contributed by atoms with van der Waals surface area (Å²) < 4.78 is 13.6. The summed E-state index contributed by atoms with van der Waals surface area (Å²) in [6.45, 7) is -0.0303. The largest absolute Gasteiger partial charge is 0.618 e. The molecule has 0 radical (unpaired) electrons. The molecule has 4 N–H and O–H groups in total. The molecule has 1 saturated heterocycles. The van der Waals surface area contributed by atoms with Gasteiger partial charge in [0.05, 0.1) is 18.8 Å². The van der Waals surface area contributed by atoms with Gasteiger partial charge in [0.2, 0.25) is 11.8 Å². The lowest BCUT2D eigenvalue weighted by atomic mass is 10.0. The Hall–Kier alpha value is -3.48. The van der Waals surface area contributed by atoms with Crippen molar-refractivity contribution in [1.82, 2.24) is 5.48 Å². The Morgan fingerprint density at radius 1 is 0.905 bits per heavy atom. The number of aliphatic hydroxyl groups excluding tert-OH is 1. The van der Waals surface area contributed by atoms with Gasteiger partial charge in [-0.2, -0.15) is 4.73 Å². The molecule has 42 heavy (non-hydrogen) atoms. The van der Waals surface area contributed by atoms with Crippen LogP contribution in [0.25, 0.3) is 0 Å². The van der Waals surface area contributed by atoms with Crippen molar-refractivity contribution in [3.05, 3.63) is 94.8 Å². The molecule has 224 valence electrons. The predicted molar refractivity (Wildman–Crippen MR) is 157 cm³/mol. The smallest absolute Gasteiger partial charge is 0.251 e. The van der Waals surface area contributed by atoms with Crippen molar-refractivity contribution in [3.63, 3.8) is 0 Å². The lowest BCUT2D eigenvalue weighted by molar-refractivity contribution is -0.645. The van der Waals surface area contributed by atoms with Crippen LogP contribution in [0.4, 0.5) is 5.69 Å². The number of hydrogen-bond donors (Lipinski definition) is 4. The summed E-state index contributed by atoms with van der Waals surface area (Å²) in [5, 5.41) is 33.6. The van der Waals surface area contributed by atoms with E-state index >= 15 is 0 Å². The minimum Gasteiger partial charge on any atom is -0.618 e. The van der Waals surface area contributed by atoms with Gasteiger partial charge in [-0.15, -0.1) is 0 Å². The molecular weight excluding hydrogens is 558 g/mol. The van der Waals surface area contributed by atoms with Crippen molar-refractivity contribution in [2.24, 2.45) is 0 Å². The first-order valence-electron chi connectivity index (χ1n) is 14.1. The topological polar surface area (TPSA) is 144 Å². The highest BCUT2D eigenvalue weighted by atomic mass is 32.2. The molecule has 0 spiro atoms. The summed E-state index contributed by atoms with van der Waals surface area (Å²) in [7, 11) is 0. The van der Waals surface area contributed by atoms with Crippen molar-refractivity contribution in [2.75, 3.05) is 11.1 Å². The van der Waals surface area contributed by atoms with Crippen LogP contribution in [0, 0.1) is 5.21 Å². The number of nitrogens with one attached hydrogen (secondary N) is 2. The van der Waals surface area contributed by atoms with Gasteiger partial charge in [-0.1, -0.05) is 61.0 Å². The van der Waals surface area contributed by atoms with Crippen LogP contribution in [0.2, 0.25) is 0 Å². The molecule has 3 aromatic rings. The van der Waals surface area contributed by atoms with Crippen molar-refractivity contribution < 1.29 is 34.1 Å². The van der Waals surface area contributed by atoms with Gasteiger partial charge in [0.25, 0.3) is 5.03 Å². The standard InChI is InChI=1S/C31H37N3O7S/c35-20-22-10-12-23(13-11-22)27-19-26(21-42-30-9-5-6-18-34(30)39)40-31(41-27)24-14-16-25(17-15-24)32-28(36)7-3-1-2-4-8-29(37)33-38/h5-6,9-18,26-27,31,35,38H,1-4,7-8,19-21H2,(H,32,36)(H,33,37). The number of rotatable bonds is 14. The molecule has 0 bridgehead atoms. The first kappa shape index (κ1) is 31.5. The molecule has 2 amide bonds. The van der Waals surface area contributed by atoms with Gasteiger partial charge < -0.3 is 25.1 Å². The van der Waals surface area contributed by atoms with Crippen LogP contribution in [0.15, 0.2) is 78.0 Å². The maximum atomic E-state index is 12.4. The molecule has 0 aliphatic carbocycles. The summed E-state index contributed by atoms with van der Waals surface area (Å²) in [4.78, 5) is 23.4. The van der Waals surface area contributed by atoms with Gasteiger partial charge in [0, 0.05) is 48.4 Å². The molecule has 3 atom stereocenters. The number of benzene rings is 2. The summed E-state index contributed by atoms with van der Waals surface area (Å²) in [6, 6.07) is 20.4. The summed E-state index contributed by atoms with van der Waals surface area (Å²) in [5.41, 5.74) is 4.90. The van der Waals surface area contributed by atoms with Crippen molar-refractivity contribution in [3.8, 4) is 0 Å². The highest BCUT2D eigenvalue weighted by Crippen LogP contribution is 2.39. The summed E-state index contributed by atoms with van der Waals surface area (Å²) in [6.07, 6.45) is 4.68. The number of pyridine rings is 1. The normalized spacial score (nSPS) is 18.4. The van der Waals surface area contributed by atoms with Crippen LogP contribution in [0.3, 0.4) is 0 Å². The van der Waals surface area contributed by atoms with Crippen LogP contribution in [0.5, 0.6) is 0 Å². The lowest BCUT2D eigenvalue weighted by Crippen LogP contribution is -2.32. The first-order valence-corrected chi connectivity index (χ1v) is 15.1. The van der Waals surface area contributed by atoms with Crippen LogP contribution < -0.4 is 15.5 Å². The Balaban J connectivity index is 1.35. The monoisotopic (exact) mass is 595 g/mol. The van der Waals surface area contributed by atoms with Crippen molar-refractivity contribution in [2.45, 2.75) is 75.1 Å². The summed E-state index contributed by atoms with van der Waals surface area (Å²) in [5.74, 6) is 0.0899. The molecule has 10 nitrogen and oxygen atoms in total. The molecule has 1 aliphatic rings. The predicted octanol–water partition coefficient (Wildman–Crippen LogP) is 4.93. The number of aliphatic hydroxyl groups is 1. The number of nitrogens with zero attached hydrogens (tertiary/aromatic N) is 1. The Morgan fingerprint density at radius 3 is 2.26 bits per heavy atom. The van der Waals surface area contributed by atoms with Crippen LogP contribution >= 0.6 is 11.8 Å². The van der Waals surface area contributed by atoms with Crippen molar-refractivity contribution >= 4 is 29.3 Å². The quantitative estimate of drug-likeness (QED) is 0.0513. The van der Waals surface area contributed by atoms with E-state index in [4.69, 9.17) is 14.7 Å². The SMILES string of the molecule is O=C(CCCCCCC(=O)Nc1ccc(C2OC(CSc3cccc[n+]3[O-])CC(c3ccc(CO)cc3)O2)cc1)NO. The number of amides is 2. The van der Waals surface area contributed by atoms with Crippen LogP contribution in [0.1, 0.15) is 74.0 Å². The zero-order valence-corrected chi connectivity index (χ0v) is 24.1. The van der Waals surface area contributed by atoms with E-state index in [1.54, 1.807) is 17.6 Å². The second-order valence-corrected chi connectivity index (χ2v) is 11.2. The molecule has 1 fully saturated rings. The lowest BCUT2D eigenvalue weighted by Gasteiger charge is -2.36. The average molecular weight is 596 g/mol. The fourth-order valence-electron chi connectivity index (χ4n) is 4.65. The Bertz CT molecular complexity index is 1290. The van der Waals surface area contributed by atoms with Gasteiger partial charge in [-0.25, -0.2) is 5.48 Å². The number of ether oxygens (including phenoxy) is 2. The molecule has 1 aromatic heterocycles. The molecule has 4 rings (SSSR count). The molecule has 2 heterocycles. The van der Waals surface area contributed by atoms with E-state index in [0.717, 1.165) is 34.3 Å². The van der Waals surface area contributed by atoms with Gasteiger partial charge in [0.1, 0.15) is 0 Å². The third kappa shape index (κ3) is 9.53. The fraction of sp³-hybridized carbons (Fsp3) is 0.387. The van der Waals surface area contributed by atoms with E-state index in [2.05, 4.69) is 5.32 Å². The number of hydroxylamine groups is 1. The Kier molecular flexibility index (Phi) is 12.2. The minimum absolute atomic E-state index is 0.0303. The number of aromatic nitrogens is 1. The second kappa shape index (κ2) is 16.2. The highest BCUT2D eigenvalue weighted by Gasteiger charge is 2.32. The zero-order valence-electron chi connectivity index (χ0n) is 23.3. The first-order chi connectivity index (χ1) is 20.4. The van der Waals surface area contributed by atoms with E-state index in [-0.39, 0.29) is 31.1 Å². The van der Waals surface area contributed by atoms with E-state index in [1.165, 1.54) is 18.0 Å². The van der Waals surface area contributed by atoms with Gasteiger partial charge in [-0.3, -0.25) is 14.8 Å². The van der Waals surface area contributed by atoms with E-state index in [0.29, 0.717) is 42.1 Å². The number of hydrogen-bond acceptors (Lipinski definition) is 8. The molecule has 3 unspecified atom stereocenters. The molecule has 1 aliphatic heterocycles. The fourth-order valence-corrected chi connectivity index (χ4v) is 5.59. The molecule has 11 heteroatoms. The third-order valence-electron chi connectivity index (χ3n) is 6.97. The highest BCUT2D eigenvalue weighted by molar-refractivity contribution is 7.99. The Labute approximate surface area is 249 Å². The number of carbonyl (C=O) groups excluding carboxylic acids is 2. The second-order valence-electron chi connectivity index (χ2n) is 10.1. The summed E-state index contributed by atoms with van der Waals surface area (Å²) >= 11 is 1.44. The van der Waals surface area contributed by atoms with Gasteiger partial charge >= 0.3 is 0 Å². The number of anilines is 1. The molecule has 0 saturated carbocycles. The average Bonchev–Trinajstić information content (AvgIpc) is 3.02. The van der Waals surface area contributed by atoms with Crippen molar-refractivity contribution in [1.29, 1.82) is 0 Å². The van der Waals surface area contributed by atoms with Gasteiger partial charge in [0.15, 0.2) is 12.5 Å². The maximum Gasteiger partial charge on any atom is 0.251 e. The zero-order chi connectivity index (χ0) is 29.7. The third-order valence-corrected chi connectivity index (χ3v) is 8.12.